The van der Waals surface area contributed by atoms with E-state index in [4.69, 9.17) is 11.6 Å². The van der Waals surface area contributed by atoms with Gasteiger partial charge in [0.2, 0.25) is 0 Å². The molecule has 2 aromatic rings. The third-order valence-corrected chi connectivity index (χ3v) is 4.51. The molecule has 9 heteroatoms. The van der Waals surface area contributed by atoms with Gasteiger partial charge in [0.25, 0.3) is 0 Å². The molecule has 0 saturated heterocycles. The number of carbonyl (C=O) groups excluding carboxylic acids is 2. The molecule has 2 amide bonds. The lowest BCUT2D eigenvalue weighted by molar-refractivity contribution is -0.140. The summed E-state index contributed by atoms with van der Waals surface area (Å²) in [5.41, 5.74) is 1.77. The summed E-state index contributed by atoms with van der Waals surface area (Å²) in [7, 11) is 1.28. The molecule has 26 heavy (non-hydrogen) atoms. The Morgan fingerprint density at radius 3 is 3.04 bits per heavy atom. The van der Waals surface area contributed by atoms with Gasteiger partial charge in [-0.2, -0.15) is 0 Å². The summed E-state index contributed by atoms with van der Waals surface area (Å²) in [5, 5.41) is 2.95. The normalized spacial score (nSPS) is 16.1. The van der Waals surface area contributed by atoms with Gasteiger partial charge in [0, 0.05) is 35.8 Å². The Morgan fingerprint density at radius 1 is 1.50 bits per heavy atom. The Bertz CT molecular complexity index is 826. The molecule has 0 spiro atoms. The zero-order chi connectivity index (χ0) is 18.7. The first-order valence-corrected chi connectivity index (χ1v) is 8.47. The lowest BCUT2D eigenvalue weighted by Crippen LogP contribution is -2.46. The van der Waals surface area contributed by atoms with E-state index >= 15 is 0 Å². The number of esters is 1. The molecule has 0 saturated carbocycles. The van der Waals surface area contributed by atoms with E-state index in [1.165, 1.54) is 24.4 Å². The van der Waals surface area contributed by atoms with Gasteiger partial charge in [-0.25, -0.2) is 14.2 Å². The van der Waals surface area contributed by atoms with Crippen molar-refractivity contribution in [3.8, 4) is 0 Å². The zero-order valence-corrected chi connectivity index (χ0v) is 14.8. The molecule has 1 aliphatic heterocycles. The summed E-state index contributed by atoms with van der Waals surface area (Å²) in [5.74, 6) is -0.926. The highest BCUT2D eigenvalue weighted by molar-refractivity contribution is 6.30. The number of methoxy groups -OCH3 is 1. The highest BCUT2D eigenvalue weighted by Crippen LogP contribution is 2.35. The number of nitrogens with one attached hydrogen (secondary N) is 2. The SMILES string of the molecule is COC(=O)CCNC(=O)N1CCc2[nH]cnc2[C@@H]1c1ccc(Cl)cc1F. The van der Waals surface area contributed by atoms with Crippen LogP contribution in [-0.2, 0) is 16.0 Å². The van der Waals surface area contributed by atoms with Gasteiger partial charge in [0.1, 0.15) is 11.9 Å². The van der Waals surface area contributed by atoms with Crippen LogP contribution in [-0.4, -0.2) is 47.1 Å². The van der Waals surface area contributed by atoms with Crippen molar-refractivity contribution in [3.63, 3.8) is 0 Å². The molecule has 2 heterocycles. The van der Waals surface area contributed by atoms with Gasteiger partial charge in [-0.3, -0.25) is 4.79 Å². The molecule has 138 valence electrons. The van der Waals surface area contributed by atoms with Gasteiger partial charge in [-0.1, -0.05) is 17.7 Å². The van der Waals surface area contributed by atoms with Crippen molar-refractivity contribution in [3.05, 3.63) is 52.3 Å². The Labute approximate surface area is 154 Å². The predicted molar refractivity (Wildman–Crippen MR) is 92.3 cm³/mol. The van der Waals surface area contributed by atoms with Crippen LogP contribution in [0.5, 0.6) is 0 Å². The number of hydrogen-bond acceptors (Lipinski definition) is 4. The molecule has 1 aromatic carbocycles. The maximum absolute atomic E-state index is 14.5. The Kier molecular flexibility index (Phi) is 5.41. The average Bonchev–Trinajstić information content (AvgIpc) is 3.09. The lowest BCUT2D eigenvalue weighted by atomic mass is 9.95. The van der Waals surface area contributed by atoms with Crippen LogP contribution < -0.4 is 5.32 Å². The van der Waals surface area contributed by atoms with E-state index in [9.17, 15) is 14.0 Å². The Morgan fingerprint density at radius 2 is 2.31 bits per heavy atom. The Hall–Kier alpha value is -2.61. The fourth-order valence-electron chi connectivity index (χ4n) is 3.01. The molecule has 3 rings (SSSR count). The molecule has 0 radical (unpaired) electrons. The van der Waals surface area contributed by atoms with E-state index in [1.54, 1.807) is 12.1 Å². The van der Waals surface area contributed by atoms with E-state index in [0.29, 0.717) is 24.2 Å². The van der Waals surface area contributed by atoms with Crippen molar-refractivity contribution >= 4 is 23.6 Å². The second-order valence-electron chi connectivity index (χ2n) is 5.84. The minimum absolute atomic E-state index is 0.0592. The van der Waals surface area contributed by atoms with Crippen LogP contribution in [0.2, 0.25) is 5.02 Å². The number of hydrogen-bond donors (Lipinski definition) is 2. The van der Waals surface area contributed by atoms with Crippen molar-refractivity contribution in [1.29, 1.82) is 0 Å². The second kappa shape index (κ2) is 7.74. The van der Waals surface area contributed by atoms with Crippen LogP contribution in [0, 0.1) is 5.82 Å². The molecule has 1 atom stereocenters. The lowest BCUT2D eigenvalue weighted by Gasteiger charge is -2.35. The molecule has 2 N–H and O–H groups in total. The fourth-order valence-corrected chi connectivity index (χ4v) is 3.17. The van der Waals surface area contributed by atoms with Crippen molar-refractivity contribution in [2.75, 3.05) is 20.2 Å². The summed E-state index contributed by atoms with van der Waals surface area (Å²) in [6.45, 7) is 0.511. The number of urea groups is 1. The number of imidazole rings is 1. The maximum atomic E-state index is 14.5. The summed E-state index contributed by atoms with van der Waals surface area (Å²) in [4.78, 5) is 32.7. The molecule has 0 bridgehead atoms. The van der Waals surface area contributed by atoms with Crippen LogP contribution >= 0.6 is 11.6 Å². The van der Waals surface area contributed by atoms with Crippen LogP contribution in [0.1, 0.15) is 29.4 Å². The molecular weight excluding hydrogens is 363 g/mol. The van der Waals surface area contributed by atoms with Crippen LogP contribution in [0.3, 0.4) is 0 Å². The van der Waals surface area contributed by atoms with E-state index in [2.05, 4.69) is 20.0 Å². The second-order valence-corrected chi connectivity index (χ2v) is 6.27. The maximum Gasteiger partial charge on any atom is 0.318 e. The van der Waals surface area contributed by atoms with Crippen LogP contribution in [0.25, 0.3) is 0 Å². The molecular formula is C17H18ClFN4O3. The van der Waals surface area contributed by atoms with Gasteiger partial charge < -0.3 is 19.9 Å². The minimum atomic E-state index is -0.680. The van der Waals surface area contributed by atoms with Crippen LogP contribution in [0.15, 0.2) is 24.5 Å². The first-order chi connectivity index (χ1) is 12.5. The van der Waals surface area contributed by atoms with Crippen molar-refractivity contribution in [2.45, 2.75) is 18.9 Å². The number of halogens is 2. The monoisotopic (exact) mass is 380 g/mol. The first-order valence-electron chi connectivity index (χ1n) is 8.09. The van der Waals surface area contributed by atoms with Crippen molar-refractivity contribution < 1.29 is 18.7 Å². The van der Waals surface area contributed by atoms with Gasteiger partial charge in [0.15, 0.2) is 0 Å². The van der Waals surface area contributed by atoms with E-state index in [-0.39, 0.29) is 18.0 Å². The number of rotatable bonds is 4. The van der Waals surface area contributed by atoms with Crippen molar-refractivity contribution in [1.82, 2.24) is 20.2 Å². The summed E-state index contributed by atoms with van der Waals surface area (Å²) < 4.78 is 19.1. The number of aromatic amines is 1. The van der Waals surface area contributed by atoms with Gasteiger partial charge >= 0.3 is 12.0 Å². The van der Waals surface area contributed by atoms with Crippen LogP contribution in [0.4, 0.5) is 9.18 Å². The molecule has 1 aliphatic rings. The number of amides is 2. The molecule has 1 aromatic heterocycles. The van der Waals surface area contributed by atoms with E-state index in [0.717, 1.165) is 5.69 Å². The summed E-state index contributed by atoms with van der Waals surface area (Å²) >= 11 is 5.85. The zero-order valence-electron chi connectivity index (χ0n) is 14.1. The van der Waals surface area contributed by atoms with E-state index < -0.39 is 23.9 Å². The third kappa shape index (κ3) is 3.65. The molecule has 7 nitrogen and oxygen atoms in total. The number of nitrogens with zero attached hydrogens (tertiary/aromatic N) is 2. The van der Waals surface area contributed by atoms with E-state index in [1.807, 2.05) is 0 Å². The largest absolute Gasteiger partial charge is 0.469 e. The number of ether oxygens (including phenoxy) is 1. The van der Waals surface area contributed by atoms with Crippen molar-refractivity contribution in [2.24, 2.45) is 0 Å². The number of aromatic nitrogens is 2. The number of benzene rings is 1. The minimum Gasteiger partial charge on any atom is -0.469 e. The number of carbonyl (C=O) groups is 2. The third-order valence-electron chi connectivity index (χ3n) is 4.28. The number of H-pyrrole nitrogens is 1. The Balaban J connectivity index is 1.86. The quantitative estimate of drug-likeness (QED) is 0.797. The number of fused-ring (bicyclic) bond motifs is 1. The standard InChI is InChI=1S/C17H18ClFN4O3/c1-26-14(24)4-6-20-17(25)23-7-5-13-15(22-9-21-13)16(23)11-3-2-10(18)8-12(11)19/h2-3,8-9,16H,4-7H2,1H3,(H,20,25)(H,21,22)/t16-/m0/s1. The van der Waals surface area contributed by atoms with Gasteiger partial charge in [0.05, 0.1) is 25.6 Å². The molecule has 0 unspecified atom stereocenters. The average molecular weight is 381 g/mol. The predicted octanol–water partition coefficient (Wildman–Crippen LogP) is 2.42. The summed E-state index contributed by atoms with van der Waals surface area (Å²) in [6, 6.07) is 3.27. The molecule has 0 aliphatic carbocycles. The van der Waals surface area contributed by atoms with Gasteiger partial charge in [-0.15, -0.1) is 0 Å². The fraction of sp³-hybridized carbons (Fsp3) is 0.353. The highest BCUT2D eigenvalue weighted by atomic mass is 35.5. The van der Waals surface area contributed by atoms with Gasteiger partial charge in [-0.05, 0) is 12.1 Å². The summed E-state index contributed by atoms with van der Waals surface area (Å²) in [6.07, 6.45) is 2.17. The molecule has 0 fully saturated rings. The first kappa shape index (κ1) is 18.2. The smallest absolute Gasteiger partial charge is 0.318 e. The topological polar surface area (TPSA) is 87.3 Å². The highest BCUT2D eigenvalue weighted by Gasteiger charge is 2.35.